The second-order valence-corrected chi connectivity index (χ2v) is 5.69. The fraction of sp³-hybridized carbons (Fsp3) is 0.625. The van der Waals surface area contributed by atoms with Gasteiger partial charge in [0.15, 0.2) is 0 Å². The number of amides is 1. The van der Waals surface area contributed by atoms with Crippen LogP contribution in [0.1, 0.15) is 30.6 Å². The minimum Gasteiger partial charge on any atom is -0.480 e. The van der Waals surface area contributed by atoms with Crippen LogP contribution in [0.15, 0.2) is 18.3 Å². The Balaban J connectivity index is 2.01. The zero-order valence-electron chi connectivity index (χ0n) is 13.6. The molecule has 0 spiro atoms. The number of methoxy groups -OCH3 is 1. The third kappa shape index (κ3) is 3.75. The number of nitrogens with one attached hydrogen (secondary N) is 1. The molecule has 1 saturated heterocycles. The number of carbonyl (C=O) groups excluding carboxylic acids is 1. The van der Waals surface area contributed by atoms with E-state index in [-0.39, 0.29) is 11.4 Å². The minimum atomic E-state index is -0.155. The Morgan fingerprint density at radius 2 is 2.23 bits per heavy atom. The molecular weight excluding hydrogens is 282 g/mol. The highest BCUT2D eigenvalue weighted by Crippen LogP contribution is 2.20. The molecule has 0 bridgehead atoms. The number of ether oxygens (including phenoxy) is 2. The molecule has 6 nitrogen and oxygen atoms in total. The van der Waals surface area contributed by atoms with Gasteiger partial charge in [0.2, 0.25) is 5.88 Å². The van der Waals surface area contributed by atoms with E-state index in [1.54, 1.807) is 18.3 Å². The number of aromatic nitrogens is 1. The van der Waals surface area contributed by atoms with E-state index < -0.39 is 0 Å². The van der Waals surface area contributed by atoms with Crippen molar-refractivity contribution in [1.82, 2.24) is 15.2 Å². The van der Waals surface area contributed by atoms with Crippen LogP contribution < -0.4 is 10.1 Å². The zero-order valence-corrected chi connectivity index (χ0v) is 13.6. The number of hydrogen-bond acceptors (Lipinski definition) is 5. The van der Waals surface area contributed by atoms with Crippen LogP contribution in [0.2, 0.25) is 0 Å². The predicted molar refractivity (Wildman–Crippen MR) is 84.2 cm³/mol. The van der Waals surface area contributed by atoms with Crippen LogP contribution in [0, 0.1) is 0 Å². The molecule has 2 rings (SSSR count). The van der Waals surface area contributed by atoms with Gasteiger partial charge in [-0.3, -0.25) is 9.69 Å². The summed E-state index contributed by atoms with van der Waals surface area (Å²) < 4.78 is 10.6. The number of hydrogen-bond donors (Lipinski definition) is 1. The first-order valence-electron chi connectivity index (χ1n) is 7.70. The standard InChI is InChI=1S/C16H25N3O3/c1-4-16(2,19-8-10-22-11-9-19)12-18-14(20)13-6-5-7-17-15(13)21-3/h5-7H,4,8-12H2,1-3H3,(H,18,20)/t16-/m1/s1. The highest BCUT2D eigenvalue weighted by atomic mass is 16.5. The first-order chi connectivity index (χ1) is 10.6. The molecule has 6 heteroatoms. The molecule has 1 aromatic heterocycles. The maximum Gasteiger partial charge on any atom is 0.256 e. The first kappa shape index (κ1) is 16.7. The van der Waals surface area contributed by atoms with Gasteiger partial charge in [-0.1, -0.05) is 6.92 Å². The van der Waals surface area contributed by atoms with E-state index in [9.17, 15) is 4.79 Å². The molecule has 0 unspecified atom stereocenters. The van der Waals surface area contributed by atoms with Crippen molar-refractivity contribution in [1.29, 1.82) is 0 Å². The van der Waals surface area contributed by atoms with E-state index >= 15 is 0 Å². The van der Waals surface area contributed by atoms with Crippen molar-refractivity contribution in [3.05, 3.63) is 23.9 Å². The van der Waals surface area contributed by atoms with Crippen LogP contribution in [0.3, 0.4) is 0 Å². The Morgan fingerprint density at radius 3 is 2.86 bits per heavy atom. The van der Waals surface area contributed by atoms with Gasteiger partial charge < -0.3 is 14.8 Å². The Morgan fingerprint density at radius 1 is 1.50 bits per heavy atom. The molecule has 1 aliphatic heterocycles. The van der Waals surface area contributed by atoms with Crippen LogP contribution in [0.5, 0.6) is 5.88 Å². The summed E-state index contributed by atoms with van der Waals surface area (Å²) in [6.07, 6.45) is 2.57. The van der Waals surface area contributed by atoms with Crippen molar-refractivity contribution in [2.45, 2.75) is 25.8 Å². The number of pyridine rings is 1. The van der Waals surface area contributed by atoms with Gasteiger partial charge in [-0.25, -0.2) is 4.98 Å². The fourth-order valence-electron chi connectivity index (χ4n) is 2.66. The van der Waals surface area contributed by atoms with Crippen LogP contribution in [0.4, 0.5) is 0 Å². The Labute approximate surface area is 131 Å². The summed E-state index contributed by atoms with van der Waals surface area (Å²) in [5.74, 6) is 0.197. The Hall–Kier alpha value is -1.66. The topological polar surface area (TPSA) is 63.7 Å². The molecule has 122 valence electrons. The molecule has 0 saturated carbocycles. The second-order valence-electron chi connectivity index (χ2n) is 5.69. The molecule has 22 heavy (non-hydrogen) atoms. The van der Waals surface area contributed by atoms with Gasteiger partial charge in [-0.15, -0.1) is 0 Å². The molecule has 1 atom stereocenters. The van der Waals surface area contributed by atoms with Crippen LogP contribution in [-0.2, 0) is 4.74 Å². The van der Waals surface area contributed by atoms with E-state index in [0.29, 0.717) is 18.0 Å². The molecule has 2 heterocycles. The largest absolute Gasteiger partial charge is 0.480 e. The van der Waals surface area contributed by atoms with Gasteiger partial charge in [-0.2, -0.15) is 0 Å². The van der Waals surface area contributed by atoms with Gasteiger partial charge >= 0.3 is 0 Å². The number of carbonyl (C=O) groups is 1. The summed E-state index contributed by atoms with van der Waals surface area (Å²) in [6, 6.07) is 3.46. The van der Waals surface area contributed by atoms with E-state index in [2.05, 4.69) is 29.0 Å². The van der Waals surface area contributed by atoms with Gasteiger partial charge in [-0.05, 0) is 25.5 Å². The van der Waals surface area contributed by atoms with Gasteiger partial charge in [0, 0.05) is 31.4 Å². The molecule has 1 fully saturated rings. The summed E-state index contributed by atoms with van der Waals surface area (Å²) in [5.41, 5.74) is 0.389. The summed E-state index contributed by atoms with van der Waals surface area (Å²) >= 11 is 0. The maximum atomic E-state index is 12.4. The van der Waals surface area contributed by atoms with Crippen molar-refractivity contribution >= 4 is 5.91 Å². The van der Waals surface area contributed by atoms with Crippen molar-refractivity contribution in [2.75, 3.05) is 40.0 Å². The van der Waals surface area contributed by atoms with Crippen LogP contribution >= 0.6 is 0 Å². The molecule has 0 aliphatic carbocycles. The SMILES string of the molecule is CC[C@](C)(CNC(=O)c1cccnc1OC)N1CCOCC1. The van der Waals surface area contributed by atoms with Crippen molar-refractivity contribution < 1.29 is 14.3 Å². The molecule has 0 aromatic carbocycles. The van der Waals surface area contributed by atoms with Crippen molar-refractivity contribution in [2.24, 2.45) is 0 Å². The fourth-order valence-corrected chi connectivity index (χ4v) is 2.66. The lowest BCUT2D eigenvalue weighted by Crippen LogP contribution is -2.56. The first-order valence-corrected chi connectivity index (χ1v) is 7.70. The van der Waals surface area contributed by atoms with E-state index in [1.165, 1.54) is 7.11 Å². The number of nitrogens with zero attached hydrogens (tertiary/aromatic N) is 2. The van der Waals surface area contributed by atoms with E-state index in [0.717, 1.165) is 32.7 Å². The Bertz CT molecular complexity index is 503. The van der Waals surface area contributed by atoms with Gasteiger partial charge in [0.1, 0.15) is 5.56 Å². The highest BCUT2D eigenvalue weighted by Gasteiger charge is 2.32. The zero-order chi connectivity index (χ0) is 16.0. The summed E-state index contributed by atoms with van der Waals surface area (Å²) in [4.78, 5) is 18.8. The van der Waals surface area contributed by atoms with Crippen LogP contribution in [-0.4, -0.2) is 61.3 Å². The van der Waals surface area contributed by atoms with E-state index in [4.69, 9.17) is 9.47 Å². The monoisotopic (exact) mass is 307 g/mol. The predicted octanol–water partition coefficient (Wildman–Crippen LogP) is 1.32. The summed E-state index contributed by atoms with van der Waals surface area (Å²) in [7, 11) is 1.52. The van der Waals surface area contributed by atoms with Crippen molar-refractivity contribution in [3.63, 3.8) is 0 Å². The van der Waals surface area contributed by atoms with Gasteiger partial charge in [0.25, 0.3) is 5.91 Å². The van der Waals surface area contributed by atoms with Crippen molar-refractivity contribution in [3.8, 4) is 5.88 Å². The highest BCUT2D eigenvalue weighted by molar-refractivity contribution is 5.96. The lowest BCUT2D eigenvalue weighted by Gasteiger charge is -2.43. The van der Waals surface area contributed by atoms with Crippen LogP contribution in [0.25, 0.3) is 0 Å². The molecule has 1 N–H and O–H groups in total. The Kier molecular flexibility index (Phi) is 5.74. The molecular formula is C16H25N3O3. The average molecular weight is 307 g/mol. The number of morpholine rings is 1. The third-order valence-electron chi connectivity index (χ3n) is 4.38. The maximum absolute atomic E-state index is 12.4. The molecule has 1 amide bonds. The third-order valence-corrected chi connectivity index (χ3v) is 4.38. The van der Waals surface area contributed by atoms with Gasteiger partial charge in [0.05, 0.1) is 20.3 Å². The minimum absolute atomic E-state index is 0.0745. The lowest BCUT2D eigenvalue weighted by molar-refractivity contribution is -0.0169. The smallest absolute Gasteiger partial charge is 0.256 e. The molecule has 1 aliphatic rings. The quantitative estimate of drug-likeness (QED) is 0.859. The summed E-state index contributed by atoms with van der Waals surface area (Å²) in [6.45, 7) is 8.21. The molecule has 0 radical (unpaired) electrons. The number of rotatable bonds is 6. The average Bonchev–Trinajstić information content (AvgIpc) is 2.60. The summed E-state index contributed by atoms with van der Waals surface area (Å²) in [5, 5.41) is 3.02. The second kappa shape index (κ2) is 7.56. The molecule has 1 aromatic rings. The van der Waals surface area contributed by atoms with E-state index in [1.807, 2.05) is 0 Å². The normalized spacial score (nSPS) is 18.5. The lowest BCUT2D eigenvalue weighted by atomic mass is 9.95.